The van der Waals surface area contributed by atoms with Crippen LogP contribution in [0.25, 0.3) is 0 Å². The molecule has 84 valence electrons. The summed E-state index contributed by atoms with van der Waals surface area (Å²) in [6.45, 7) is 9.02. The van der Waals surface area contributed by atoms with Crippen LogP contribution >= 0.6 is 0 Å². The Morgan fingerprint density at radius 3 is 2.29 bits per heavy atom. The molecule has 0 atom stereocenters. The SMILES string of the molecule is CCCCCCC(=O)C(C)(C)NCC. The second-order valence-electron chi connectivity index (χ2n) is 4.39. The molecule has 0 aromatic carbocycles. The number of Topliss-reactive ketones (excluding diaryl/α,β-unsaturated/α-hetero) is 1. The number of hydrogen-bond donors (Lipinski definition) is 1. The molecule has 2 nitrogen and oxygen atoms in total. The number of rotatable bonds is 8. The lowest BCUT2D eigenvalue weighted by molar-refractivity contribution is -0.124. The van der Waals surface area contributed by atoms with E-state index in [4.69, 9.17) is 0 Å². The maximum atomic E-state index is 11.8. The van der Waals surface area contributed by atoms with Crippen LogP contribution in [0.2, 0.25) is 0 Å². The molecule has 1 N–H and O–H groups in total. The molecular formula is C12H25NO. The minimum atomic E-state index is -0.332. The van der Waals surface area contributed by atoms with Crippen LogP contribution < -0.4 is 5.32 Å². The molecule has 0 saturated heterocycles. The smallest absolute Gasteiger partial charge is 0.152 e. The van der Waals surface area contributed by atoms with Crippen LogP contribution in [0, 0.1) is 0 Å². The molecule has 2 heteroatoms. The average molecular weight is 199 g/mol. The molecule has 0 spiro atoms. The van der Waals surface area contributed by atoms with Crippen LogP contribution in [-0.2, 0) is 4.79 Å². The normalized spacial score (nSPS) is 11.7. The molecule has 0 radical (unpaired) electrons. The van der Waals surface area contributed by atoms with Gasteiger partial charge in [-0.3, -0.25) is 4.79 Å². The lowest BCUT2D eigenvalue weighted by Gasteiger charge is -2.23. The van der Waals surface area contributed by atoms with Gasteiger partial charge in [-0.05, 0) is 26.8 Å². The second-order valence-corrected chi connectivity index (χ2v) is 4.39. The molecular weight excluding hydrogens is 174 g/mol. The molecule has 0 amide bonds. The zero-order valence-corrected chi connectivity index (χ0v) is 10.2. The third-order valence-electron chi connectivity index (χ3n) is 2.57. The Kier molecular flexibility index (Phi) is 6.81. The summed E-state index contributed by atoms with van der Waals surface area (Å²) in [5, 5.41) is 3.21. The molecule has 0 aromatic rings. The van der Waals surface area contributed by atoms with Gasteiger partial charge in [-0.1, -0.05) is 33.1 Å². The third kappa shape index (κ3) is 5.38. The lowest BCUT2D eigenvalue weighted by Crippen LogP contribution is -2.46. The summed E-state index contributed by atoms with van der Waals surface area (Å²) in [5.74, 6) is 0.343. The number of ketones is 1. The number of unbranched alkanes of at least 4 members (excludes halogenated alkanes) is 3. The van der Waals surface area contributed by atoms with E-state index in [-0.39, 0.29) is 5.54 Å². The van der Waals surface area contributed by atoms with Gasteiger partial charge in [-0.25, -0.2) is 0 Å². The molecule has 0 rings (SSSR count). The number of hydrogen-bond acceptors (Lipinski definition) is 2. The Morgan fingerprint density at radius 2 is 1.79 bits per heavy atom. The van der Waals surface area contributed by atoms with Crippen LogP contribution in [0.15, 0.2) is 0 Å². The van der Waals surface area contributed by atoms with E-state index in [0.29, 0.717) is 5.78 Å². The Balaban J connectivity index is 3.71. The molecule has 14 heavy (non-hydrogen) atoms. The second kappa shape index (κ2) is 6.99. The topological polar surface area (TPSA) is 29.1 Å². The van der Waals surface area contributed by atoms with Crippen LogP contribution in [0.3, 0.4) is 0 Å². The van der Waals surface area contributed by atoms with Gasteiger partial charge in [0.05, 0.1) is 5.54 Å². The van der Waals surface area contributed by atoms with E-state index in [1.54, 1.807) is 0 Å². The third-order valence-corrected chi connectivity index (χ3v) is 2.57. The van der Waals surface area contributed by atoms with Crippen molar-refractivity contribution in [3.8, 4) is 0 Å². The highest BCUT2D eigenvalue weighted by molar-refractivity contribution is 5.87. The Hall–Kier alpha value is -0.370. The van der Waals surface area contributed by atoms with E-state index in [1.165, 1.54) is 19.3 Å². The Morgan fingerprint density at radius 1 is 1.14 bits per heavy atom. The Bertz CT molecular complexity index is 164. The monoisotopic (exact) mass is 199 g/mol. The molecule has 0 aromatic heterocycles. The van der Waals surface area contributed by atoms with Crippen molar-refractivity contribution < 1.29 is 4.79 Å². The standard InChI is InChI=1S/C12H25NO/c1-5-7-8-9-10-11(14)12(3,4)13-6-2/h13H,5-10H2,1-4H3. The van der Waals surface area contributed by atoms with Crippen LogP contribution in [0.4, 0.5) is 0 Å². The van der Waals surface area contributed by atoms with Gasteiger partial charge in [0.1, 0.15) is 0 Å². The molecule has 0 aliphatic heterocycles. The molecule has 0 unspecified atom stereocenters. The predicted octanol–water partition coefficient (Wildman–Crippen LogP) is 2.91. The fourth-order valence-electron chi connectivity index (χ4n) is 1.57. The molecule has 0 aliphatic rings. The van der Waals surface area contributed by atoms with Crippen LogP contribution in [-0.4, -0.2) is 17.9 Å². The van der Waals surface area contributed by atoms with E-state index in [1.807, 2.05) is 20.8 Å². The summed E-state index contributed by atoms with van der Waals surface area (Å²) in [4.78, 5) is 11.8. The van der Waals surface area contributed by atoms with Crippen molar-refractivity contribution in [2.24, 2.45) is 0 Å². The lowest BCUT2D eigenvalue weighted by atomic mass is 9.94. The summed E-state index contributed by atoms with van der Waals surface area (Å²) in [6, 6.07) is 0. The maximum Gasteiger partial charge on any atom is 0.152 e. The van der Waals surface area contributed by atoms with Crippen molar-refractivity contribution in [1.82, 2.24) is 5.32 Å². The summed E-state index contributed by atoms with van der Waals surface area (Å²) in [5.41, 5.74) is -0.332. The van der Waals surface area contributed by atoms with Gasteiger partial charge in [0.25, 0.3) is 0 Å². The van der Waals surface area contributed by atoms with Crippen molar-refractivity contribution in [1.29, 1.82) is 0 Å². The minimum Gasteiger partial charge on any atom is -0.306 e. The average Bonchev–Trinajstić information content (AvgIpc) is 2.12. The van der Waals surface area contributed by atoms with Crippen molar-refractivity contribution >= 4 is 5.78 Å². The van der Waals surface area contributed by atoms with Crippen molar-refractivity contribution in [3.05, 3.63) is 0 Å². The first-order valence-corrected chi connectivity index (χ1v) is 5.83. The summed E-state index contributed by atoms with van der Waals surface area (Å²) >= 11 is 0. The number of likely N-dealkylation sites (N-methyl/N-ethyl adjacent to an activating group) is 1. The number of carbonyl (C=O) groups is 1. The van der Waals surface area contributed by atoms with E-state index in [2.05, 4.69) is 12.2 Å². The first-order chi connectivity index (χ1) is 6.54. The van der Waals surface area contributed by atoms with E-state index < -0.39 is 0 Å². The highest BCUT2D eigenvalue weighted by Crippen LogP contribution is 2.11. The fourth-order valence-corrected chi connectivity index (χ4v) is 1.57. The van der Waals surface area contributed by atoms with Crippen LogP contribution in [0.1, 0.15) is 59.8 Å². The highest BCUT2D eigenvalue weighted by atomic mass is 16.1. The van der Waals surface area contributed by atoms with Gasteiger partial charge in [0.15, 0.2) is 5.78 Å². The fraction of sp³-hybridized carbons (Fsp3) is 0.917. The van der Waals surface area contributed by atoms with Crippen molar-refractivity contribution in [2.45, 2.75) is 65.3 Å². The minimum absolute atomic E-state index is 0.332. The largest absolute Gasteiger partial charge is 0.306 e. The van der Waals surface area contributed by atoms with E-state index >= 15 is 0 Å². The van der Waals surface area contributed by atoms with E-state index in [0.717, 1.165) is 19.4 Å². The first-order valence-electron chi connectivity index (χ1n) is 5.83. The molecule has 0 bridgehead atoms. The summed E-state index contributed by atoms with van der Waals surface area (Å²) in [7, 11) is 0. The maximum absolute atomic E-state index is 11.8. The van der Waals surface area contributed by atoms with Crippen molar-refractivity contribution in [3.63, 3.8) is 0 Å². The van der Waals surface area contributed by atoms with Crippen molar-refractivity contribution in [2.75, 3.05) is 6.54 Å². The van der Waals surface area contributed by atoms with E-state index in [9.17, 15) is 4.79 Å². The molecule has 0 heterocycles. The number of carbonyl (C=O) groups excluding carboxylic acids is 1. The highest BCUT2D eigenvalue weighted by Gasteiger charge is 2.24. The van der Waals surface area contributed by atoms with Crippen LogP contribution in [0.5, 0.6) is 0 Å². The summed E-state index contributed by atoms with van der Waals surface area (Å²) < 4.78 is 0. The van der Waals surface area contributed by atoms with Gasteiger partial charge < -0.3 is 5.32 Å². The zero-order chi connectivity index (χ0) is 11.0. The van der Waals surface area contributed by atoms with Gasteiger partial charge in [0.2, 0.25) is 0 Å². The van der Waals surface area contributed by atoms with Gasteiger partial charge in [-0.2, -0.15) is 0 Å². The van der Waals surface area contributed by atoms with Gasteiger partial charge >= 0.3 is 0 Å². The van der Waals surface area contributed by atoms with Gasteiger partial charge in [-0.15, -0.1) is 0 Å². The zero-order valence-electron chi connectivity index (χ0n) is 10.2. The summed E-state index contributed by atoms with van der Waals surface area (Å²) in [6.07, 6.45) is 5.42. The first kappa shape index (κ1) is 13.6. The molecule has 0 saturated carbocycles. The predicted molar refractivity (Wildman–Crippen MR) is 61.5 cm³/mol. The molecule has 0 aliphatic carbocycles. The molecule has 0 fully saturated rings. The van der Waals surface area contributed by atoms with Gasteiger partial charge in [0, 0.05) is 6.42 Å². The Labute approximate surface area is 88.5 Å². The quantitative estimate of drug-likeness (QED) is 0.609. The number of nitrogens with one attached hydrogen (secondary N) is 1.